The van der Waals surface area contributed by atoms with Gasteiger partial charge in [0.15, 0.2) is 0 Å². The molecule has 3 rings (SSSR count). The van der Waals surface area contributed by atoms with Crippen LogP contribution < -0.4 is 5.32 Å². The van der Waals surface area contributed by atoms with Gasteiger partial charge >= 0.3 is 0 Å². The van der Waals surface area contributed by atoms with Gasteiger partial charge < -0.3 is 5.32 Å². The highest BCUT2D eigenvalue weighted by Crippen LogP contribution is 2.37. The second kappa shape index (κ2) is 7.78. The number of hydrogen-bond acceptors (Lipinski definition) is 3. The first kappa shape index (κ1) is 18.9. The maximum Gasteiger partial charge on any atom is 0.243 e. The highest BCUT2D eigenvalue weighted by Gasteiger charge is 2.36. The van der Waals surface area contributed by atoms with Crippen LogP contribution in [0.4, 0.5) is 5.69 Å². The molecule has 26 heavy (non-hydrogen) atoms. The van der Waals surface area contributed by atoms with Crippen molar-refractivity contribution in [3.8, 4) is 0 Å². The minimum atomic E-state index is -3.61. The first-order valence-electron chi connectivity index (χ1n) is 8.59. The van der Waals surface area contributed by atoms with Gasteiger partial charge in [-0.25, -0.2) is 8.42 Å². The average molecular weight is 393 g/mol. The lowest BCUT2D eigenvalue weighted by Gasteiger charge is -2.24. The van der Waals surface area contributed by atoms with E-state index < -0.39 is 10.0 Å². The molecule has 0 saturated carbocycles. The number of halogens is 1. The zero-order valence-electron chi connectivity index (χ0n) is 14.5. The van der Waals surface area contributed by atoms with Crippen LogP contribution in [-0.4, -0.2) is 25.2 Å². The van der Waals surface area contributed by atoms with E-state index in [2.05, 4.69) is 5.32 Å². The molecule has 2 aromatic rings. The van der Waals surface area contributed by atoms with E-state index in [0.717, 1.165) is 18.4 Å². The van der Waals surface area contributed by atoms with Crippen LogP contribution in [-0.2, 0) is 14.8 Å². The number of benzene rings is 2. The van der Waals surface area contributed by atoms with Gasteiger partial charge in [0.05, 0.1) is 10.9 Å². The predicted molar refractivity (Wildman–Crippen MR) is 103 cm³/mol. The number of rotatable bonds is 5. The summed E-state index contributed by atoms with van der Waals surface area (Å²) in [5.74, 6) is -0.108. The molecule has 1 aliphatic rings. The van der Waals surface area contributed by atoms with Gasteiger partial charge in [-0.15, -0.1) is 0 Å². The predicted octanol–water partition coefficient (Wildman–Crippen LogP) is 4.21. The van der Waals surface area contributed by atoms with Gasteiger partial charge in [-0.05, 0) is 54.8 Å². The van der Waals surface area contributed by atoms with Gasteiger partial charge in [0.1, 0.15) is 0 Å². The van der Waals surface area contributed by atoms with Crippen molar-refractivity contribution < 1.29 is 13.2 Å². The summed E-state index contributed by atoms with van der Waals surface area (Å²) in [4.78, 5) is 11.7. The van der Waals surface area contributed by atoms with Gasteiger partial charge in [-0.2, -0.15) is 4.31 Å². The van der Waals surface area contributed by atoms with E-state index in [4.69, 9.17) is 11.6 Å². The van der Waals surface area contributed by atoms with Gasteiger partial charge in [-0.3, -0.25) is 4.79 Å². The fraction of sp³-hybridized carbons (Fsp3) is 0.316. The molecule has 5 nitrogen and oxygen atoms in total. The quantitative estimate of drug-likeness (QED) is 0.828. The molecule has 1 aliphatic heterocycles. The van der Waals surface area contributed by atoms with Crippen molar-refractivity contribution >= 4 is 33.2 Å². The number of amides is 1. The molecule has 138 valence electrons. The number of carbonyl (C=O) groups is 1. The van der Waals surface area contributed by atoms with Crippen LogP contribution in [0.25, 0.3) is 0 Å². The molecular weight excluding hydrogens is 372 g/mol. The second-order valence-corrected chi connectivity index (χ2v) is 8.58. The van der Waals surface area contributed by atoms with Crippen LogP contribution in [0.15, 0.2) is 53.4 Å². The van der Waals surface area contributed by atoms with Crippen molar-refractivity contribution in [1.82, 2.24) is 4.31 Å². The van der Waals surface area contributed by atoms with E-state index in [-0.39, 0.29) is 16.8 Å². The summed E-state index contributed by atoms with van der Waals surface area (Å²) < 4.78 is 27.7. The Hall–Kier alpha value is -1.89. The Kier molecular flexibility index (Phi) is 5.65. The summed E-state index contributed by atoms with van der Waals surface area (Å²) in [6.07, 6.45) is 1.97. The third-order valence-electron chi connectivity index (χ3n) is 4.52. The Bertz CT molecular complexity index is 880. The smallest absolute Gasteiger partial charge is 0.243 e. The molecule has 0 radical (unpaired) electrons. The Morgan fingerprint density at radius 2 is 1.81 bits per heavy atom. The summed E-state index contributed by atoms with van der Waals surface area (Å²) in [6.45, 7) is 2.25. The van der Waals surface area contributed by atoms with Gasteiger partial charge in [0, 0.05) is 23.7 Å². The Morgan fingerprint density at radius 3 is 2.42 bits per heavy atom. The molecule has 0 bridgehead atoms. The van der Waals surface area contributed by atoms with Crippen molar-refractivity contribution in [2.24, 2.45) is 0 Å². The molecular formula is C19H21ClN2O3S. The molecule has 1 N–H and O–H groups in total. The maximum atomic E-state index is 13.1. The highest BCUT2D eigenvalue weighted by atomic mass is 35.5. The van der Waals surface area contributed by atoms with E-state index >= 15 is 0 Å². The zero-order valence-corrected chi connectivity index (χ0v) is 16.1. The van der Waals surface area contributed by atoms with E-state index in [9.17, 15) is 13.2 Å². The Balaban J connectivity index is 1.84. The number of carbonyl (C=O) groups excluding carboxylic acids is 1. The van der Waals surface area contributed by atoms with Gasteiger partial charge in [0.2, 0.25) is 15.9 Å². The SMILES string of the molecule is CCC(=O)Nc1ccc(S(=O)(=O)N2CCC[C@@H]2c2ccc(Cl)cc2)cc1. The third-order valence-corrected chi connectivity index (χ3v) is 6.70. The van der Waals surface area contributed by atoms with Crippen molar-refractivity contribution in [3.63, 3.8) is 0 Å². The van der Waals surface area contributed by atoms with E-state index in [0.29, 0.717) is 23.7 Å². The number of nitrogens with zero attached hydrogens (tertiary/aromatic N) is 1. The Morgan fingerprint density at radius 1 is 1.15 bits per heavy atom. The minimum absolute atomic E-state index is 0.108. The standard InChI is InChI=1S/C19H21ClN2O3S/c1-2-19(23)21-16-9-11-17(12-10-16)26(24,25)22-13-3-4-18(22)14-5-7-15(20)8-6-14/h5-12,18H,2-4,13H2,1H3,(H,21,23)/t18-/m1/s1. The molecule has 0 unspecified atom stereocenters. The van der Waals surface area contributed by atoms with Crippen molar-refractivity contribution in [1.29, 1.82) is 0 Å². The van der Waals surface area contributed by atoms with Crippen LogP contribution in [0.5, 0.6) is 0 Å². The summed E-state index contributed by atoms with van der Waals surface area (Å²) in [7, 11) is -3.61. The van der Waals surface area contributed by atoms with Crippen molar-refractivity contribution in [2.75, 3.05) is 11.9 Å². The lowest BCUT2D eigenvalue weighted by Crippen LogP contribution is -2.30. The summed E-state index contributed by atoms with van der Waals surface area (Å²) in [5, 5.41) is 3.35. The molecule has 1 saturated heterocycles. The molecule has 1 heterocycles. The lowest BCUT2D eigenvalue weighted by molar-refractivity contribution is -0.115. The molecule has 0 spiro atoms. The van der Waals surface area contributed by atoms with Crippen LogP contribution in [0.2, 0.25) is 5.02 Å². The first-order chi connectivity index (χ1) is 12.4. The van der Waals surface area contributed by atoms with Crippen LogP contribution in [0, 0.1) is 0 Å². The molecule has 1 fully saturated rings. The topological polar surface area (TPSA) is 66.5 Å². The molecule has 0 aromatic heterocycles. The number of hydrogen-bond donors (Lipinski definition) is 1. The summed E-state index contributed by atoms with van der Waals surface area (Å²) in [5.41, 5.74) is 1.54. The summed E-state index contributed by atoms with van der Waals surface area (Å²) in [6, 6.07) is 13.5. The Labute approximate surface area is 159 Å². The molecule has 7 heteroatoms. The van der Waals surface area contributed by atoms with Crippen molar-refractivity contribution in [3.05, 3.63) is 59.1 Å². The van der Waals surface area contributed by atoms with Gasteiger partial charge in [0.25, 0.3) is 0 Å². The molecule has 1 amide bonds. The average Bonchev–Trinajstić information content (AvgIpc) is 3.13. The lowest BCUT2D eigenvalue weighted by atomic mass is 10.1. The third kappa shape index (κ3) is 3.92. The van der Waals surface area contributed by atoms with Gasteiger partial charge in [-0.1, -0.05) is 30.7 Å². The van der Waals surface area contributed by atoms with Crippen LogP contribution >= 0.6 is 11.6 Å². The van der Waals surface area contributed by atoms with Crippen LogP contribution in [0.3, 0.4) is 0 Å². The summed E-state index contributed by atoms with van der Waals surface area (Å²) >= 11 is 5.94. The maximum absolute atomic E-state index is 13.1. The number of anilines is 1. The fourth-order valence-electron chi connectivity index (χ4n) is 3.14. The van der Waals surface area contributed by atoms with Crippen molar-refractivity contribution in [2.45, 2.75) is 37.1 Å². The fourth-order valence-corrected chi connectivity index (χ4v) is 4.95. The van der Waals surface area contributed by atoms with Crippen LogP contribution in [0.1, 0.15) is 37.8 Å². The molecule has 0 aliphatic carbocycles. The second-order valence-electron chi connectivity index (χ2n) is 6.25. The highest BCUT2D eigenvalue weighted by molar-refractivity contribution is 7.89. The largest absolute Gasteiger partial charge is 0.326 e. The normalized spacial score (nSPS) is 18.0. The molecule has 1 atom stereocenters. The van der Waals surface area contributed by atoms with E-state index in [1.165, 1.54) is 12.1 Å². The van der Waals surface area contributed by atoms with E-state index in [1.807, 2.05) is 12.1 Å². The number of nitrogens with one attached hydrogen (secondary N) is 1. The zero-order chi connectivity index (χ0) is 18.7. The van der Waals surface area contributed by atoms with E-state index in [1.54, 1.807) is 35.5 Å². The molecule has 2 aromatic carbocycles. The monoisotopic (exact) mass is 392 g/mol. The number of sulfonamides is 1. The minimum Gasteiger partial charge on any atom is -0.326 e. The first-order valence-corrected chi connectivity index (χ1v) is 10.4.